The highest BCUT2D eigenvalue weighted by molar-refractivity contribution is 8.26. The first-order valence-electron chi connectivity index (χ1n) is 7.80. The molecular weight excluding hydrogens is 326 g/mol. The number of nitrogens with zero attached hydrogens (tertiary/aromatic N) is 3. The van der Waals surface area contributed by atoms with E-state index in [1.54, 1.807) is 4.90 Å². The van der Waals surface area contributed by atoms with Crippen LogP contribution in [0.3, 0.4) is 0 Å². The minimum Gasteiger partial charge on any atom is -0.378 e. The van der Waals surface area contributed by atoms with Crippen LogP contribution in [0.25, 0.3) is 6.08 Å². The zero-order valence-electron chi connectivity index (χ0n) is 13.5. The third-order valence-corrected chi connectivity index (χ3v) is 5.50. The Labute approximate surface area is 147 Å². The zero-order chi connectivity index (χ0) is 16.4. The Hall–Kier alpha value is -1.37. The number of benzene rings is 1. The van der Waals surface area contributed by atoms with Crippen molar-refractivity contribution in [2.45, 2.75) is 12.8 Å². The summed E-state index contributed by atoms with van der Waals surface area (Å²) in [5.41, 5.74) is 2.17. The van der Waals surface area contributed by atoms with Gasteiger partial charge in [0.25, 0.3) is 5.91 Å². The van der Waals surface area contributed by atoms with E-state index in [0.717, 1.165) is 24.3 Å². The Morgan fingerprint density at radius 1 is 1.22 bits per heavy atom. The fourth-order valence-electron chi connectivity index (χ4n) is 2.77. The van der Waals surface area contributed by atoms with Crippen molar-refractivity contribution in [1.29, 1.82) is 0 Å². The van der Waals surface area contributed by atoms with Gasteiger partial charge in [0, 0.05) is 19.8 Å². The number of rotatable bonds is 4. The molecular formula is C17H21N3OS2. The maximum absolute atomic E-state index is 12.6. The number of thioether (sulfide) groups is 1. The second-order valence-electron chi connectivity index (χ2n) is 6.06. The van der Waals surface area contributed by atoms with E-state index < -0.39 is 0 Å². The molecule has 0 spiro atoms. The summed E-state index contributed by atoms with van der Waals surface area (Å²) >= 11 is 6.80. The van der Waals surface area contributed by atoms with Gasteiger partial charge in [0.05, 0.1) is 11.6 Å². The summed E-state index contributed by atoms with van der Waals surface area (Å²) < 4.78 is 0.665. The van der Waals surface area contributed by atoms with Crippen LogP contribution in [0.5, 0.6) is 0 Å². The van der Waals surface area contributed by atoms with Crippen molar-refractivity contribution in [2.75, 3.05) is 38.8 Å². The zero-order valence-corrected chi connectivity index (χ0v) is 15.1. The molecule has 1 amide bonds. The van der Waals surface area contributed by atoms with Crippen LogP contribution >= 0.6 is 24.0 Å². The first kappa shape index (κ1) is 16.5. The lowest BCUT2D eigenvalue weighted by atomic mass is 10.2. The topological polar surface area (TPSA) is 26.8 Å². The molecule has 2 heterocycles. The summed E-state index contributed by atoms with van der Waals surface area (Å²) in [5.74, 6) is 0.0311. The summed E-state index contributed by atoms with van der Waals surface area (Å²) in [6, 6.07) is 8.17. The number of carbonyl (C=O) groups excluding carboxylic acids is 1. The monoisotopic (exact) mass is 347 g/mol. The number of likely N-dealkylation sites (tertiary alicyclic amines) is 1. The molecule has 0 unspecified atom stereocenters. The predicted molar refractivity (Wildman–Crippen MR) is 101 cm³/mol. The molecule has 2 fully saturated rings. The van der Waals surface area contributed by atoms with Gasteiger partial charge in [-0.2, -0.15) is 0 Å². The lowest BCUT2D eigenvalue weighted by molar-refractivity contribution is -0.123. The third-order valence-electron chi connectivity index (χ3n) is 4.12. The maximum atomic E-state index is 12.6. The Morgan fingerprint density at radius 3 is 2.48 bits per heavy atom. The van der Waals surface area contributed by atoms with Crippen LogP contribution in [-0.4, -0.2) is 53.9 Å². The second-order valence-corrected chi connectivity index (χ2v) is 7.74. The van der Waals surface area contributed by atoms with Crippen molar-refractivity contribution < 1.29 is 4.79 Å². The lowest BCUT2D eigenvalue weighted by Crippen LogP contribution is -2.38. The normalized spacial score (nSPS) is 20.8. The van der Waals surface area contributed by atoms with E-state index in [1.807, 2.05) is 32.3 Å². The molecule has 0 radical (unpaired) electrons. The average molecular weight is 348 g/mol. The number of hydrogen-bond donors (Lipinski definition) is 0. The van der Waals surface area contributed by atoms with Gasteiger partial charge in [-0.25, -0.2) is 0 Å². The fraction of sp³-hybridized carbons (Fsp3) is 0.412. The quantitative estimate of drug-likeness (QED) is 0.616. The largest absolute Gasteiger partial charge is 0.378 e. The summed E-state index contributed by atoms with van der Waals surface area (Å²) in [6.45, 7) is 2.74. The van der Waals surface area contributed by atoms with Gasteiger partial charge in [-0.15, -0.1) is 0 Å². The highest BCUT2D eigenvalue weighted by atomic mass is 32.2. The Balaban J connectivity index is 1.72. The Morgan fingerprint density at radius 2 is 1.87 bits per heavy atom. The summed E-state index contributed by atoms with van der Waals surface area (Å²) in [4.78, 5) is 19.4. The Kier molecular flexibility index (Phi) is 5.04. The molecule has 6 heteroatoms. The van der Waals surface area contributed by atoms with Crippen LogP contribution in [0.15, 0.2) is 29.2 Å². The van der Waals surface area contributed by atoms with E-state index >= 15 is 0 Å². The summed E-state index contributed by atoms with van der Waals surface area (Å²) in [5, 5.41) is 0. The van der Waals surface area contributed by atoms with Gasteiger partial charge in [-0.05, 0) is 49.7 Å². The van der Waals surface area contributed by atoms with Gasteiger partial charge in [0.2, 0.25) is 0 Å². The van der Waals surface area contributed by atoms with E-state index in [1.165, 1.54) is 24.6 Å². The van der Waals surface area contributed by atoms with E-state index in [-0.39, 0.29) is 5.91 Å². The van der Waals surface area contributed by atoms with Crippen LogP contribution in [-0.2, 0) is 4.79 Å². The number of thiocarbonyl (C=S) groups is 1. The highest BCUT2D eigenvalue weighted by Gasteiger charge is 2.33. The molecule has 2 aliphatic rings. The highest BCUT2D eigenvalue weighted by Crippen LogP contribution is 2.33. The first-order chi connectivity index (χ1) is 11.0. The second kappa shape index (κ2) is 7.03. The molecule has 4 nitrogen and oxygen atoms in total. The molecule has 0 N–H and O–H groups in total. The molecule has 0 aliphatic carbocycles. The van der Waals surface area contributed by atoms with Gasteiger partial charge in [0.1, 0.15) is 4.32 Å². The van der Waals surface area contributed by atoms with Gasteiger partial charge >= 0.3 is 0 Å². The van der Waals surface area contributed by atoms with Crippen molar-refractivity contribution in [1.82, 2.24) is 9.80 Å². The van der Waals surface area contributed by atoms with Crippen LogP contribution < -0.4 is 4.90 Å². The first-order valence-corrected chi connectivity index (χ1v) is 9.02. The van der Waals surface area contributed by atoms with E-state index in [4.69, 9.17) is 12.2 Å². The summed E-state index contributed by atoms with van der Waals surface area (Å²) in [7, 11) is 4.02. The molecule has 1 aromatic rings. The van der Waals surface area contributed by atoms with Crippen LogP contribution in [0, 0.1) is 0 Å². The molecule has 122 valence electrons. The summed E-state index contributed by atoms with van der Waals surface area (Å²) in [6.07, 6.45) is 4.36. The minimum absolute atomic E-state index is 0.0311. The van der Waals surface area contributed by atoms with Gasteiger partial charge in [-0.3, -0.25) is 14.6 Å². The molecule has 0 atom stereocenters. The number of carbonyl (C=O) groups is 1. The van der Waals surface area contributed by atoms with Crippen molar-refractivity contribution in [3.05, 3.63) is 34.7 Å². The van der Waals surface area contributed by atoms with Crippen molar-refractivity contribution in [2.24, 2.45) is 0 Å². The number of hydrogen-bond acceptors (Lipinski definition) is 5. The van der Waals surface area contributed by atoms with Crippen LogP contribution in [0.1, 0.15) is 18.4 Å². The molecule has 3 rings (SSSR count). The maximum Gasteiger partial charge on any atom is 0.267 e. The van der Waals surface area contributed by atoms with Crippen molar-refractivity contribution >= 4 is 46.0 Å². The molecule has 2 saturated heterocycles. The average Bonchev–Trinajstić information content (AvgIpc) is 3.12. The van der Waals surface area contributed by atoms with Crippen molar-refractivity contribution in [3.63, 3.8) is 0 Å². The third kappa shape index (κ3) is 3.76. The number of amides is 1. The molecule has 23 heavy (non-hydrogen) atoms. The van der Waals surface area contributed by atoms with E-state index in [2.05, 4.69) is 21.9 Å². The van der Waals surface area contributed by atoms with E-state index in [9.17, 15) is 4.79 Å². The minimum atomic E-state index is 0.0311. The predicted octanol–water partition coefficient (Wildman–Crippen LogP) is 3.01. The molecule has 2 aliphatic heterocycles. The van der Waals surface area contributed by atoms with Crippen LogP contribution in [0.2, 0.25) is 0 Å². The molecule has 0 bridgehead atoms. The van der Waals surface area contributed by atoms with E-state index in [0.29, 0.717) is 15.9 Å². The van der Waals surface area contributed by atoms with Gasteiger partial charge < -0.3 is 4.90 Å². The molecule has 1 aromatic carbocycles. The molecule has 0 aromatic heterocycles. The SMILES string of the molecule is CN(C)c1ccc(/C=C2/SC(=S)N(CN3CCCC3)C2=O)cc1. The molecule has 0 saturated carbocycles. The smallest absolute Gasteiger partial charge is 0.267 e. The van der Waals surface area contributed by atoms with Gasteiger partial charge in [0.15, 0.2) is 0 Å². The van der Waals surface area contributed by atoms with Gasteiger partial charge in [-0.1, -0.05) is 36.1 Å². The standard InChI is InChI=1S/C17H21N3OS2/c1-18(2)14-7-5-13(6-8-14)11-15-16(21)20(17(22)23-15)12-19-9-3-4-10-19/h5-8,11H,3-4,9-10,12H2,1-2H3/b15-11+. The van der Waals surface area contributed by atoms with Crippen molar-refractivity contribution in [3.8, 4) is 0 Å². The number of anilines is 1. The fourth-order valence-corrected chi connectivity index (χ4v) is 4.01. The van der Waals surface area contributed by atoms with Crippen LogP contribution in [0.4, 0.5) is 5.69 Å². The Bertz CT molecular complexity index is 634. The lowest BCUT2D eigenvalue weighted by Gasteiger charge is -2.22.